The van der Waals surface area contributed by atoms with Crippen LogP contribution < -0.4 is 5.32 Å². The number of fused-ring (bicyclic) bond motifs is 1. The normalized spacial score (nSPS) is 20.8. The van der Waals surface area contributed by atoms with Gasteiger partial charge in [0.15, 0.2) is 0 Å². The molecule has 1 aliphatic rings. The summed E-state index contributed by atoms with van der Waals surface area (Å²) in [5, 5.41) is 3.15. The third kappa shape index (κ3) is 2.90. The average molecular weight is 321 g/mol. The highest BCUT2D eigenvalue weighted by Gasteiger charge is 2.29. The first kappa shape index (κ1) is 14.9. The minimum Gasteiger partial charge on any atom is -0.371 e. The summed E-state index contributed by atoms with van der Waals surface area (Å²) in [5.74, 6) is -0.0618. The number of rotatable bonds is 3. The van der Waals surface area contributed by atoms with E-state index in [9.17, 15) is 4.79 Å². The molecule has 0 bridgehead atoms. The zero-order valence-electron chi connectivity index (χ0n) is 13.3. The second-order valence-corrected chi connectivity index (χ2v) is 6.06. The zero-order valence-corrected chi connectivity index (χ0v) is 13.3. The van der Waals surface area contributed by atoms with Crippen LogP contribution in [0.1, 0.15) is 34.9 Å². The van der Waals surface area contributed by atoms with Gasteiger partial charge in [0.25, 0.3) is 5.91 Å². The molecule has 1 amide bonds. The van der Waals surface area contributed by atoms with Crippen LogP contribution in [0, 0.1) is 0 Å². The van der Waals surface area contributed by atoms with Crippen LogP contribution >= 0.6 is 0 Å². The topological polar surface area (TPSA) is 55.6 Å². The zero-order chi connectivity index (χ0) is 16.4. The molecule has 4 rings (SSSR count). The van der Waals surface area contributed by atoms with E-state index in [0.717, 1.165) is 30.5 Å². The molecule has 0 spiro atoms. The van der Waals surface area contributed by atoms with Crippen LogP contribution in [0.4, 0.5) is 0 Å². The monoisotopic (exact) mass is 321 g/mol. The standard InChI is InChI=1S/C19H19N3O2/c23-19(15-12-16-4-1-2-10-22(16)13-15)21-17-5-3-11-24-18(17)14-6-8-20-9-7-14/h1-2,4,6-10,12-13,17-18H,3,5,11H2,(H,21,23)/t17-,18+/m0/s1. The van der Waals surface area contributed by atoms with Gasteiger partial charge in [-0.3, -0.25) is 9.78 Å². The van der Waals surface area contributed by atoms with Gasteiger partial charge in [-0.1, -0.05) is 6.07 Å². The van der Waals surface area contributed by atoms with E-state index < -0.39 is 0 Å². The lowest BCUT2D eigenvalue weighted by Crippen LogP contribution is -2.42. The molecule has 3 aromatic heterocycles. The summed E-state index contributed by atoms with van der Waals surface area (Å²) < 4.78 is 7.88. The molecule has 0 unspecified atom stereocenters. The average Bonchev–Trinajstić information content (AvgIpc) is 3.07. The Morgan fingerprint density at radius 2 is 2.12 bits per heavy atom. The van der Waals surface area contributed by atoms with Crippen molar-refractivity contribution in [3.63, 3.8) is 0 Å². The van der Waals surface area contributed by atoms with Crippen LogP contribution in [0.25, 0.3) is 5.52 Å². The summed E-state index contributed by atoms with van der Waals surface area (Å²) in [6.07, 6.45) is 9.05. The minimum atomic E-state index is -0.122. The lowest BCUT2D eigenvalue weighted by molar-refractivity contribution is -0.00950. The van der Waals surface area contributed by atoms with Crippen LogP contribution in [0.3, 0.4) is 0 Å². The predicted molar refractivity (Wildman–Crippen MR) is 90.8 cm³/mol. The maximum Gasteiger partial charge on any atom is 0.253 e. The van der Waals surface area contributed by atoms with Crippen LogP contribution in [0.5, 0.6) is 0 Å². The molecule has 1 saturated heterocycles. The first-order valence-corrected chi connectivity index (χ1v) is 8.20. The third-order valence-corrected chi connectivity index (χ3v) is 4.44. The van der Waals surface area contributed by atoms with E-state index in [0.29, 0.717) is 5.56 Å². The maximum atomic E-state index is 12.7. The first-order valence-electron chi connectivity index (χ1n) is 8.20. The number of amides is 1. The fourth-order valence-corrected chi connectivity index (χ4v) is 3.24. The Labute approximate surface area is 140 Å². The fourth-order valence-electron chi connectivity index (χ4n) is 3.24. The fraction of sp³-hybridized carbons (Fsp3) is 0.263. The van der Waals surface area contributed by atoms with Crippen molar-refractivity contribution < 1.29 is 9.53 Å². The third-order valence-electron chi connectivity index (χ3n) is 4.44. The van der Waals surface area contributed by atoms with E-state index in [4.69, 9.17) is 4.74 Å². The van der Waals surface area contributed by atoms with E-state index in [1.165, 1.54) is 0 Å². The molecule has 4 heterocycles. The molecule has 2 atom stereocenters. The van der Waals surface area contributed by atoms with Gasteiger partial charge in [-0.25, -0.2) is 0 Å². The van der Waals surface area contributed by atoms with Crippen LogP contribution in [0.15, 0.2) is 61.2 Å². The van der Waals surface area contributed by atoms with Crippen LogP contribution in [-0.4, -0.2) is 27.9 Å². The van der Waals surface area contributed by atoms with Gasteiger partial charge in [0, 0.05) is 36.9 Å². The van der Waals surface area contributed by atoms with Crippen LogP contribution in [-0.2, 0) is 4.74 Å². The molecular formula is C19H19N3O2. The number of carbonyl (C=O) groups is 1. The van der Waals surface area contributed by atoms with Crippen molar-refractivity contribution >= 4 is 11.4 Å². The molecule has 0 aliphatic carbocycles. The second kappa shape index (κ2) is 6.45. The van der Waals surface area contributed by atoms with Gasteiger partial charge >= 0.3 is 0 Å². The van der Waals surface area contributed by atoms with E-state index in [1.807, 2.05) is 53.2 Å². The Morgan fingerprint density at radius 1 is 1.25 bits per heavy atom. The molecule has 24 heavy (non-hydrogen) atoms. The summed E-state index contributed by atoms with van der Waals surface area (Å²) in [4.78, 5) is 16.7. The number of carbonyl (C=O) groups excluding carboxylic acids is 1. The van der Waals surface area contributed by atoms with Gasteiger partial charge < -0.3 is 14.5 Å². The number of nitrogens with one attached hydrogen (secondary N) is 1. The van der Waals surface area contributed by atoms with Gasteiger partial charge in [-0.2, -0.15) is 0 Å². The minimum absolute atomic E-state index is 0.0309. The molecule has 1 N–H and O–H groups in total. The molecule has 5 nitrogen and oxygen atoms in total. The lowest BCUT2D eigenvalue weighted by atomic mass is 9.96. The summed E-state index contributed by atoms with van der Waals surface area (Å²) in [6, 6.07) is 11.7. The van der Waals surface area contributed by atoms with Gasteiger partial charge in [0.1, 0.15) is 6.10 Å². The summed E-state index contributed by atoms with van der Waals surface area (Å²) in [5.41, 5.74) is 2.73. The van der Waals surface area contributed by atoms with E-state index in [1.54, 1.807) is 12.4 Å². The molecule has 0 aromatic carbocycles. The van der Waals surface area contributed by atoms with Crippen molar-refractivity contribution in [2.45, 2.75) is 25.0 Å². The molecule has 0 radical (unpaired) electrons. The number of ether oxygens (including phenoxy) is 1. The molecule has 5 heteroatoms. The van der Waals surface area contributed by atoms with Crippen molar-refractivity contribution in [1.82, 2.24) is 14.7 Å². The smallest absolute Gasteiger partial charge is 0.253 e. The van der Waals surface area contributed by atoms with Gasteiger partial charge in [-0.15, -0.1) is 0 Å². The molecule has 3 aromatic rings. The number of hydrogen-bond acceptors (Lipinski definition) is 3. The largest absolute Gasteiger partial charge is 0.371 e. The molecule has 1 aliphatic heterocycles. The first-order chi connectivity index (χ1) is 11.8. The summed E-state index contributed by atoms with van der Waals surface area (Å²) in [6.45, 7) is 0.718. The highest BCUT2D eigenvalue weighted by molar-refractivity contribution is 5.95. The number of hydrogen-bond donors (Lipinski definition) is 1. The Hall–Kier alpha value is -2.66. The van der Waals surface area contributed by atoms with E-state index in [-0.39, 0.29) is 18.1 Å². The van der Waals surface area contributed by atoms with Crippen molar-refractivity contribution in [1.29, 1.82) is 0 Å². The molecule has 1 fully saturated rings. The number of nitrogens with zero attached hydrogens (tertiary/aromatic N) is 2. The van der Waals surface area contributed by atoms with Gasteiger partial charge in [0.05, 0.1) is 11.6 Å². The number of aromatic nitrogens is 2. The van der Waals surface area contributed by atoms with Crippen molar-refractivity contribution in [3.8, 4) is 0 Å². The Kier molecular flexibility index (Phi) is 4.01. The summed E-state index contributed by atoms with van der Waals surface area (Å²) in [7, 11) is 0. The molecular weight excluding hydrogens is 302 g/mol. The van der Waals surface area contributed by atoms with E-state index >= 15 is 0 Å². The molecule has 122 valence electrons. The predicted octanol–water partition coefficient (Wildman–Crippen LogP) is 2.98. The quantitative estimate of drug-likeness (QED) is 0.807. The van der Waals surface area contributed by atoms with Crippen molar-refractivity contribution in [2.75, 3.05) is 6.61 Å². The van der Waals surface area contributed by atoms with Crippen molar-refractivity contribution in [2.24, 2.45) is 0 Å². The Balaban J connectivity index is 1.54. The maximum absolute atomic E-state index is 12.7. The van der Waals surface area contributed by atoms with Gasteiger partial charge in [0.2, 0.25) is 0 Å². The highest BCUT2D eigenvalue weighted by Crippen LogP contribution is 2.28. The van der Waals surface area contributed by atoms with Gasteiger partial charge in [-0.05, 0) is 48.7 Å². The van der Waals surface area contributed by atoms with E-state index in [2.05, 4.69) is 10.3 Å². The van der Waals surface area contributed by atoms with Crippen LogP contribution in [0.2, 0.25) is 0 Å². The summed E-state index contributed by atoms with van der Waals surface area (Å²) >= 11 is 0. The Morgan fingerprint density at radius 3 is 2.96 bits per heavy atom. The lowest BCUT2D eigenvalue weighted by Gasteiger charge is -2.32. The highest BCUT2D eigenvalue weighted by atomic mass is 16.5. The van der Waals surface area contributed by atoms with Crippen molar-refractivity contribution in [3.05, 3.63) is 72.3 Å². The molecule has 0 saturated carbocycles. The Bertz CT molecular complexity index is 811. The number of pyridine rings is 2. The SMILES string of the molecule is O=C(N[C@H]1CCCO[C@@H]1c1ccncc1)c1cc2ccccn2c1. The second-order valence-electron chi connectivity index (χ2n) is 6.06.